The lowest BCUT2D eigenvalue weighted by atomic mass is 9.93. The highest BCUT2D eigenvalue weighted by Crippen LogP contribution is 2.51. The van der Waals surface area contributed by atoms with E-state index in [4.69, 9.17) is 9.47 Å². The van der Waals surface area contributed by atoms with E-state index in [-0.39, 0.29) is 19.3 Å². The molecule has 2 aliphatic rings. The first-order valence-electron chi connectivity index (χ1n) is 10.1. The van der Waals surface area contributed by atoms with Crippen LogP contribution in [-0.2, 0) is 16.8 Å². The van der Waals surface area contributed by atoms with E-state index in [1.165, 1.54) is 0 Å². The molecule has 5 nitrogen and oxygen atoms in total. The number of nitrogens with one attached hydrogen (secondary N) is 1. The van der Waals surface area contributed by atoms with Gasteiger partial charge in [-0.05, 0) is 65.8 Å². The van der Waals surface area contributed by atoms with Crippen LogP contribution in [-0.4, -0.2) is 17.8 Å². The van der Waals surface area contributed by atoms with E-state index in [0.717, 1.165) is 52.1 Å². The van der Waals surface area contributed by atoms with Crippen molar-refractivity contribution in [3.63, 3.8) is 0 Å². The summed E-state index contributed by atoms with van der Waals surface area (Å²) in [5.41, 5.74) is 5.02. The minimum absolute atomic E-state index is 0.00272. The van der Waals surface area contributed by atoms with Gasteiger partial charge in [0.05, 0.1) is 12.0 Å². The Morgan fingerprint density at radius 1 is 1.03 bits per heavy atom. The highest BCUT2D eigenvalue weighted by molar-refractivity contribution is 6.02. The summed E-state index contributed by atoms with van der Waals surface area (Å²) in [6, 6.07) is 19.5. The molecule has 0 saturated heterocycles. The second-order valence-corrected chi connectivity index (χ2v) is 7.95. The molecule has 0 spiro atoms. The topological polar surface area (TPSA) is 67.8 Å². The average molecular weight is 401 g/mol. The summed E-state index contributed by atoms with van der Waals surface area (Å²) in [4.78, 5) is 13.3. The van der Waals surface area contributed by atoms with E-state index in [1.54, 1.807) is 0 Å². The smallest absolute Gasteiger partial charge is 0.235 e. The summed E-state index contributed by atoms with van der Waals surface area (Å²) in [7, 11) is 0. The Bertz CT molecular complexity index is 1130. The van der Waals surface area contributed by atoms with Gasteiger partial charge in [-0.2, -0.15) is 0 Å². The van der Waals surface area contributed by atoms with E-state index < -0.39 is 5.41 Å². The lowest BCUT2D eigenvalue weighted by Crippen LogP contribution is -2.28. The zero-order valence-electron chi connectivity index (χ0n) is 16.8. The molecule has 0 atom stereocenters. The van der Waals surface area contributed by atoms with Crippen LogP contribution in [0.15, 0.2) is 60.7 Å². The Hall–Kier alpha value is -3.31. The molecule has 0 radical (unpaired) electrons. The van der Waals surface area contributed by atoms with Gasteiger partial charge in [0.25, 0.3) is 0 Å². The lowest BCUT2D eigenvalue weighted by Gasteiger charge is -2.18. The molecule has 30 heavy (non-hydrogen) atoms. The molecule has 5 rings (SSSR count). The third-order valence-electron chi connectivity index (χ3n) is 6.09. The standard InChI is InChI=1S/C25H23NO4/c1-16-6-7-17(20-5-3-2-4-18(20)14-27)12-21(16)26-24(28)25(10-11-25)19-8-9-22-23(13-19)30-15-29-22/h2-9,12-13,27H,10-11,14-15H2,1H3,(H,26,28). The van der Waals surface area contributed by atoms with Gasteiger partial charge in [-0.15, -0.1) is 0 Å². The number of carbonyl (C=O) groups excluding carboxylic acids is 1. The highest BCUT2D eigenvalue weighted by Gasteiger charge is 2.51. The number of hydrogen-bond acceptors (Lipinski definition) is 4. The number of rotatable bonds is 5. The van der Waals surface area contributed by atoms with Gasteiger partial charge in [-0.1, -0.05) is 42.5 Å². The van der Waals surface area contributed by atoms with Gasteiger partial charge in [-0.25, -0.2) is 0 Å². The lowest BCUT2D eigenvalue weighted by molar-refractivity contribution is -0.118. The Morgan fingerprint density at radius 2 is 1.83 bits per heavy atom. The average Bonchev–Trinajstić information content (AvgIpc) is 3.46. The van der Waals surface area contributed by atoms with Gasteiger partial charge in [0, 0.05) is 5.69 Å². The van der Waals surface area contributed by atoms with Crippen molar-refractivity contribution < 1.29 is 19.4 Å². The first-order valence-corrected chi connectivity index (χ1v) is 10.1. The zero-order chi connectivity index (χ0) is 20.7. The largest absolute Gasteiger partial charge is 0.454 e. The zero-order valence-corrected chi connectivity index (χ0v) is 16.8. The molecule has 3 aromatic rings. The molecular weight excluding hydrogens is 378 g/mol. The normalized spacial score (nSPS) is 15.7. The molecule has 1 amide bonds. The van der Waals surface area contributed by atoms with Crippen molar-refractivity contribution in [2.45, 2.75) is 31.8 Å². The molecule has 5 heteroatoms. The Labute approximate surface area is 175 Å². The summed E-state index contributed by atoms with van der Waals surface area (Å²) in [6.07, 6.45) is 1.62. The first-order chi connectivity index (χ1) is 14.6. The van der Waals surface area contributed by atoms with E-state index in [0.29, 0.717) is 5.75 Å². The summed E-state index contributed by atoms with van der Waals surface area (Å²) in [6.45, 7) is 2.18. The van der Waals surface area contributed by atoms with E-state index >= 15 is 0 Å². The van der Waals surface area contributed by atoms with Gasteiger partial charge in [-0.3, -0.25) is 4.79 Å². The maximum Gasteiger partial charge on any atom is 0.235 e. The fourth-order valence-corrected chi connectivity index (χ4v) is 4.07. The summed E-state index contributed by atoms with van der Waals surface area (Å²) < 4.78 is 10.9. The number of amides is 1. The SMILES string of the molecule is Cc1ccc(-c2ccccc2CO)cc1NC(=O)C1(c2ccc3c(c2)OCO3)CC1. The molecule has 1 saturated carbocycles. The third kappa shape index (κ3) is 3.12. The molecule has 0 unspecified atom stereocenters. The number of ether oxygens (including phenoxy) is 2. The first kappa shape index (κ1) is 18.7. The number of aryl methyl sites for hydroxylation is 1. The number of aliphatic hydroxyl groups excluding tert-OH is 1. The molecule has 1 aliphatic carbocycles. The summed E-state index contributed by atoms with van der Waals surface area (Å²) in [5.74, 6) is 1.42. The van der Waals surface area contributed by atoms with E-state index in [2.05, 4.69) is 5.32 Å². The van der Waals surface area contributed by atoms with Crippen molar-refractivity contribution in [1.29, 1.82) is 0 Å². The van der Waals surface area contributed by atoms with Crippen LogP contribution in [0.2, 0.25) is 0 Å². The predicted molar refractivity (Wildman–Crippen MR) is 115 cm³/mol. The van der Waals surface area contributed by atoms with Crippen molar-refractivity contribution in [1.82, 2.24) is 0 Å². The molecule has 152 valence electrons. The monoisotopic (exact) mass is 401 g/mol. The number of aliphatic hydroxyl groups is 1. The molecule has 1 aliphatic heterocycles. The van der Waals surface area contributed by atoms with Crippen molar-refractivity contribution in [2.24, 2.45) is 0 Å². The third-order valence-corrected chi connectivity index (χ3v) is 6.09. The Balaban J connectivity index is 1.44. The number of anilines is 1. The fraction of sp³-hybridized carbons (Fsp3) is 0.240. The van der Waals surface area contributed by atoms with Crippen LogP contribution in [0.1, 0.15) is 29.5 Å². The van der Waals surface area contributed by atoms with Crippen LogP contribution in [0.5, 0.6) is 11.5 Å². The van der Waals surface area contributed by atoms with Crippen LogP contribution in [0.25, 0.3) is 11.1 Å². The van der Waals surface area contributed by atoms with Crippen LogP contribution < -0.4 is 14.8 Å². The minimum atomic E-state index is -0.521. The molecule has 2 N–H and O–H groups in total. The second kappa shape index (κ2) is 7.18. The quantitative estimate of drug-likeness (QED) is 0.658. The fourth-order valence-electron chi connectivity index (χ4n) is 4.07. The van der Waals surface area contributed by atoms with Gasteiger partial charge in [0.15, 0.2) is 11.5 Å². The maximum atomic E-state index is 13.3. The van der Waals surface area contributed by atoms with Crippen molar-refractivity contribution in [3.05, 3.63) is 77.4 Å². The van der Waals surface area contributed by atoms with Gasteiger partial charge < -0.3 is 19.9 Å². The van der Waals surface area contributed by atoms with Crippen molar-refractivity contribution >= 4 is 11.6 Å². The number of fused-ring (bicyclic) bond motifs is 1. The summed E-state index contributed by atoms with van der Waals surface area (Å²) >= 11 is 0. The van der Waals surface area contributed by atoms with Gasteiger partial charge >= 0.3 is 0 Å². The predicted octanol–water partition coefficient (Wildman–Crippen LogP) is 4.55. The van der Waals surface area contributed by atoms with Gasteiger partial charge in [0.1, 0.15) is 0 Å². The van der Waals surface area contributed by atoms with Crippen LogP contribution in [0.4, 0.5) is 5.69 Å². The van der Waals surface area contributed by atoms with Crippen LogP contribution in [0.3, 0.4) is 0 Å². The molecule has 1 heterocycles. The Morgan fingerprint density at radius 3 is 2.63 bits per heavy atom. The minimum Gasteiger partial charge on any atom is -0.454 e. The highest BCUT2D eigenvalue weighted by atomic mass is 16.7. The van der Waals surface area contributed by atoms with Gasteiger partial charge in [0.2, 0.25) is 12.7 Å². The van der Waals surface area contributed by atoms with Crippen LogP contribution in [0, 0.1) is 6.92 Å². The number of hydrogen-bond donors (Lipinski definition) is 2. The Kier molecular flexibility index (Phi) is 4.48. The van der Waals surface area contributed by atoms with E-state index in [9.17, 15) is 9.90 Å². The molecule has 1 fully saturated rings. The van der Waals surface area contributed by atoms with Crippen LogP contribution >= 0.6 is 0 Å². The molecule has 0 bridgehead atoms. The van der Waals surface area contributed by atoms with Crippen molar-refractivity contribution in [3.8, 4) is 22.6 Å². The molecule has 0 aromatic heterocycles. The van der Waals surface area contributed by atoms with E-state index in [1.807, 2.05) is 67.6 Å². The molecule has 3 aromatic carbocycles. The molecular formula is C25H23NO4. The maximum absolute atomic E-state index is 13.3. The number of carbonyl (C=O) groups is 1. The number of benzene rings is 3. The second-order valence-electron chi connectivity index (χ2n) is 7.95. The summed E-state index contributed by atoms with van der Waals surface area (Å²) in [5, 5.41) is 12.8. The van der Waals surface area contributed by atoms with Crippen molar-refractivity contribution in [2.75, 3.05) is 12.1 Å².